The lowest BCUT2D eigenvalue weighted by molar-refractivity contribution is 0.215. The molecule has 2 aromatic rings. The summed E-state index contributed by atoms with van der Waals surface area (Å²) < 4.78 is 10.8. The van der Waals surface area contributed by atoms with Crippen LogP contribution in [0.15, 0.2) is 47.1 Å². The van der Waals surface area contributed by atoms with Crippen LogP contribution >= 0.6 is 12.2 Å². The molecular formula is C19H25N3O2S. The predicted molar refractivity (Wildman–Crippen MR) is 103 cm³/mol. The van der Waals surface area contributed by atoms with Gasteiger partial charge in [-0.3, -0.25) is 4.90 Å². The Morgan fingerprint density at radius 3 is 2.60 bits per heavy atom. The first kappa shape index (κ1) is 17.8. The van der Waals surface area contributed by atoms with Gasteiger partial charge in [0.15, 0.2) is 5.11 Å². The van der Waals surface area contributed by atoms with Gasteiger partial charge in [0, 0.05) is 13.1 Å². The molecule has 1 fully saturated rings. The maximum absolute atomic E-state index is 5.63. The van der Waals surface area contributed by atoms with E-state index in [1.54, 1.807) is 13.4 Å². The first-order valence-electron chi connectivity index (χ1n) is 8.68. The summed E-state index contributed by atoms with van der Waals surface area (Å²) in [6, 6.07) is 12.2. The minimum atomic E-state index is 0.221. The third kappa shape index (κ3) is 4.96. The zero-order chi connectivity index (χ0) is 17.5. The molecule has 0 spiro atoms. The van der Waals surface area contributed by atoms with E-state index in [-0.39, 0.29) is 6.04 Å². The molecule has 6 heteroatoms. The van der Waals surface area contributed by atoms with Crippen molar-refractivity contribution in [2.45, 2.75) is 25.4 Å². The highest BCUT2D eigenvalue weighted by Crippen LogP contribution is 2.24. The van der Waals surface area contributed by atoms with Gasteiger partial charge in [-0.05, 0) is 68.0 Å². The number of hydrogen-bond donors (Lipinski definition) is 2. The molecule has 1 saturated heterocycles. The summed E-state index contributed by atoms with van der Waals surface area (Å²) in [6.07, 6.45) is 4.23. The van der Waals surface area contributed by atoms with Crippen LogP contribution in [-0.4, -0.2) is 36.8 Å². The van der Waals surface area contributed by atoms with Crippen molar-refractivity contribution in [1.29, 1.82) is 0 Å². The molecule has 25 heavy (non-hydrogen) atoms. The highest BCUT2D eigenvalue weighted by atomic mass is 32.1. The third-order valence-corrected chi connectivity index (χ3v) is 4.81. The number of nitrogens with zero attached hydrogens (tertiary/aromatic N) is 1. The number of nitrogens with one attached hydrogen (secondary N) is 2. The van der Waals surface area contributed by atoms with Crippen LogP contribution in [0.4, 0.5) is 0 Å². The maximum atomic E-state index is 5.63. The Labute approximate surface area is 154 Å². The Morgan fingerprint density at radius 1 is 1.20 bits per heavy atom. The second kappa shape index (κ2) is 8.87. The fourth-order valence-electron chi connectivity index (χ4n) is 3.12. The average molecular weight is 359 g/mol. The van der Waals surface area contributed by atoms with Crippen molar-refractivity contribution in [2.24, 2.45) is 0 Å². The van der Waals surface area contributed by atoms with E-state index in [1.165, 1.54) is 12.8 Å². The molecule has 2 heterocycles. The zero-order valence-electron chi connectivity index (χ0n) is 14.5. The first-order chi connectivity index (χ1) is 12.3. The molecule has 3 rings (SSSR count). The number of thiocarbonyl (C=S) groups is 1. The molecule has 0 radical (unpaired) electrons. The van der Waals surface area contributed by atoms with Crippen LogP contribution in [-0.2, 0) is 6.54 Å². The van der Waals surface area contributed by atoms with E-state index in [0.717, 1.165) is 36.7 Å². The summed E-state index contributed by atoms with van der Waals surface area (Å²) in [4.78, 5) is 2.46. The highest BCUT2D eigenvalue weighted by molar-refractivity contribution is 7.80. The van der Waals surface area contributed by atoms with E-state index >= 15 is 0 Å². The number of benzene rings is 1. The number of methoxy groups -OCH3 is 1. The van der Waals surface area contributed by atoms with E-state index in [0.29, 0.717) is 11.7 Å². The monoisotopic (exact) mass is 359 g/mol. The number of hydrogen-bond acceptors (Lipinski definition) is 4. The Bertz CT molecular complexity index is 652. The van der Waals surface area contributed by atoms with Crippen LogP contribution < -0.4 is 15.4 Å². The van der Waals surface area contributed by atoms with Crippen LogP contribution in [0.25, 0.3) is 0 Å². The number of ether oxygens (including phenoxy) is 1. The standard InChI is InChI=1S/C19H25N3O2S/c1-23-16-8-6-15(7-9-16)13-20-19(25)21-14-17(18-5-4-12-24-18)22-10-2-3-11-22/h4-9,12,17H,2-3,10-11,13-14H2,1H3,(H2,20,21,25)/t17-/m1/s1. The largest absolute Gasteiger partial charge is 0.497 e. The van der Waals surface area contributed by atoms with Gasteiger partial charge >= 0.3 is 0 Å². The number of likely N-dealkylation sites (tertiary alicyclic amines) is 1. The lowest BCUT2D eigenvalue weighted by atomic mass is 10.2. The molecule has 1 aliphatic rings. The maximum Gasteiger partial charge on any atom is 0.166 e. The minimum Gasteiger partial charge on any atom is -0.497 e. The molecule has 0 bridgehead atoms. The molecule has 1 aromatic carbocycles. The van der Waals surface area contributed by atoms with Crippen molar-refractivity contribution >= 4 is 17.3 Å². The molecule has 1 atom stereocenters. The number of furan rings is 1. The van der Waals surface area contributed by atoms with E-state index < -0.39 is 0 Å². The van der Waals surface area contributed by atoms with Crippen LogP contribution in [0.1, 0.15) is 30.2 Å². The fraction of sp³-hybridized carbons (Fsp3) is 0.421. The molecular weight excluding hydrogens is 334 g/mol. The Balaban J connectivity index is 1.49. The van der Waals surface area contributed by atoms with Crippen molar-refractivity contribution in [3.8, 4) is 5.75 Å². The molecule has 134 valence electrons. The Morgan fingerprint density at radius 2 is 1.96 bits per heavy atom. The van der Waals surface area contributed by atoms with Crippen molar-refractivity contribution in [1.82, 2.24) is 15.5 Å². The zero-order valence-corrected chi connectivity index (χ0v) is 15.3. The summed E-state index contributed by atoms with van der Waals surface area (Å²) >= 11 is 5.43. The van der Waals surface area contributed by atoms with Crippen LogP contribution in [0.5, 0.6) is 5.75 Å². The van der Waals surface area contributed by atoms with E-state index in [1.807, 2.05) is 36.4 Å². The molecule has 5 nitrogen and oxygen atoms in total. The Hall–Kier alpha value is -2.05. The van der Waals surface area contributed by atoms with Crippen LogP contribution in [0, 0.1) is 0 Å². The predicted octanol–water partition coefficient (Wildman–Crippen LogP) is 3.09. The molecule has 1 aromatic heterocycles. The molecule has 0 amide bonds. The molecule has 2 N–H and O–H groups in total. The van der Waals surface area contributed by atoms with Gasteiger partial charge < -0.3 is 19.8 Å². The molecule has 1 aliphatic heterocycles. The first-order valence-corrected chi connectivity index (χ1v) is 9.09. The van der Waals surface area contributed by atoms with Crippen molar-refractivity contribution in [3.05, 3.63) is 54.0 Å². The number of rotatable bonds is 7. The summed E-state index contributed by atoms with van der Waals surface area (Å²) in [6.45, 7) is 3.64. The van der Waals surface area contributed by atoms with E-state index in [9.17, 15) is 0 Å². The molecule has 0 aliphatic carbocycles. The second-order valence-corrected chi connectivity index (χ2v) is 6.59. The van der Waals surface area contributed by atoms with Gasteiger partial charge in [-0.2, -0.15) is 0 Å². The third-order valence-electron chi connectivity index (χ3n) is 4.52. The lowest BCUT2D eigenvalue weighted by Crippen LogP contribution is -2.41. The Kier molecular flexibility index (Phi) is 6.30. The minimum absolute atomic E-state index is 0.221. The SMILES string of the molecule is COc1ccc(CNC(=S)NC[C@H](c2ccco2)N2CCCC2)cc1. The smallest absolute Gasteiger partial charge is 0.166 e. The van der Waals surface area contributed by atoms with Crippen LogP contribution in [0.3, 0.4) is 0 Å². The van der Waals surface area contributed by atoms with Gasteiger partial charge in [0.05, 0.1) is 19.4 Å². The van der Waals surface area contributed by atoms with Crippen molar-refractivity contribution in [2.75, 3.05) is 26.7 Å². The van der Waals surface area contributed by atoms with Crippen LogP contribution in [0.2, 0.25) is 0 Å². The summed E-state index contributed by atoms with van der Waals surface area (Å²) in [5.74, 6) is 1.85. The van der Waals surface area contributed by atoms with Gasteiger partial charge in [-0.1, -0.05) is 12.1 Å². The average Bonchev–Trinajstić information content (AvgIpc) is 3.35. The van der Waals surface area contributed by atoms with Gasteiger partial charge in [-0.15, -0.1) is 0 Å². The second-order valence-electron chi connectivity index (χ2n) is 6.19. The fourth-order valence-corrected chi connectivity index (χ4v) is 3.28. The summed E-state index contributed by atoms with van der Waals surface area (Å²) in [5, 5.41) is 7.25. The molecule has 0 unspecified atom stereocenters. The van der Waals surface area contributed by atoms with Crippen molar-refractivity contribution in [3.63, 3.8) is 0 Å². The molecule has 0 saturated carbocycles. The van der Waals surface area contributed by atoms with E-state index in [2.05, 4.69) is 15.5 Å². The van der Waals surface area contributed by atoms with Crippen molar-refractivity contribution < 1.29 is 9.15 Å². The highest BCUT2D eigenvalue weighted by Gasteiger charge is 2.25. The quantitative estimate of drug-likeness (QED) is 0.741. The van der Waals surface area contributed by atoms with Gasteiger partial charge in [0.2, 0.25) is 0 Å². The van der Waals surface area contributed by atoms with Gasteiger partial charge in [0.25, 0.3) is 0 Å². The normalized spacial score (nSPS) is 15.7. The van der Waals surface area contributed by atoms with E-state index in [4.69, 9.17) is 21.4 Å². The summed E-state index contributed by atoms with van der Waals surface area (Å²) in [7, 11) is 1.67. The van der Waals surface area contributed by atoms with Gasteiger partial charge in [0.1, 0.15) is 11.5 Å². The topological polar surface area (TPSA) is 49.7 Å². The lowest BCUT2D eigenvalue weighted by Gasteiger charge is -2.26. The van der Waals surface area contributed by atoms with Gasteiger partial charge in [-0.25, -0.2) is 0 Å². The summed E-state index contributed by atoms with van der Waals surface area (Å²) in [5.41, 5.74) is 1.16.